The Bertz CT molecular complexity index is 439. The number of rotatable bonds is 6. The normalized spacial score (nSPS) is 13.9. The smallest absolute Gasteiger partial charge is 0.321 e. The van der Waals surface area contributed by atoms with Gasteiger partial charge in [0.1, 0.15) is 0 Å². The minimum absolute atomic E-state index is 0.104. The second-order valence-corrected chi connectivity index (χ2v) is 4.44. The van der Waals surface area contributed by atoms with Crippen molar-refractivity contribution in [3.8, 4) is 0 Å². The molecule has 0 saturated heterocycles. The number of aromatic nitrogens is 1. The minimum atomic E-state index is -0.969. The molecular formula is C11H17N3O4. The molecule has 1 unspecified atom stereocenters. The number of nitrogens with one attached hydrogen (secondary N) is 2. The van der Waals surface area contributed by atoms with Gasteiger partial charge in [0.15, 0.2) is 5.69 Å². The third-order valence-corrected chi connectivity index (χ3v) is 2.53. The molecule has 7 nitrogen and oxygen atoms in total. The summed E-state index contributed by atoms with van der Waals surface area (Å²) in [7, 11) is 0. The summed E-state index contributed by atoms with van der Waals surface area (Å²) in [4.78, 5) is 23.9. The highest BCUT2D eigenvalue weighted by atomic mass is 16.6. The number of hydrogen-bond acceptors (Lipinski definition) is 4. The molecule has 1 aromatic heterocycles. The molecule has 1 amide bonds. The summed E-state index contributed by atoms with van der Waals surface area (Å²) in [6.07, 6.45) is 1.37. The van der Waals surface area contributed by atoms with E-state index in [9.17, 15) is 20.0 Å². The first-order valence-electron chi connectivity index (χ1n) is 5.69. The predicted octanol–water partition coefficient (Wildman–Crippen LogP) is 1.20. The Kier molecular flexibility index (Phi) is 4.43. The Labute approximate surface area is 104 Å². The van der Waals surface area contributed by atoms with Gasteiger partial charge < -0.3 is 20.5 Å². The Morgan fingerprint density at radius 3 is 2.78 bits per heavy atom. The van der Waals surface area contributed by atoms with Crippen molar-refractivity contribution >= 4 is 11.7 Å². The van der Waals surface area contributed by atoms with E-state index in [0.717, 1.165) is 6.42 Å². The van der Waals surface area contributed by atoms with Crippen LogP contribution in [0, 0.1) is 10.1 Å². The molecule has 1 heterocycles. The lowest BCUT2D eigenvalue weighted by Gasteiger charge is -2.22. The quantitative estimate of drug-likeness (QED) is 0.524. The molecule has 7 heteroatoms. The fourth-order valence-electron chi connectivity index (χ4n) is 1.62. The van der Waals surface area contributed by atoms with E-state index in [1.54, 1.807) is 6.92 Å². The maximum atomic E-state index is 11.7. The van der Waals surface area contributed by atoms with E-state index < -0.39 is 16.4 Å². The van der Waals surface area contributed by atoms with Crippen LogP contribution in [0.25, 0.3) is 0 Å². The van der Waals surface area contributed by atoms with Gasteiger partial charge in [-0.25, -0.2) is 4.98 Å². The topological polar surface area (TPSA) is 108 Å². The van der Waals surface area contributed by atoms with Crippen LogP contribution in [-0.4, -0.2) is 33.1 Å². The highest BCUT2D eigenvalue weighted by Gasteiger charge is 2.22. The van der Waals surface area contributed by atoms with Gasteiger partial charge >= 0.3 is 5.82 Å². The van der Waals surface area contributed by atoms with Gasteiger partial charge in [-0.3, -0.25) is 4.79 Å². The monoisotopic (exact) mass is 255 g/mol. The fourth-order valence-corrected chi connectivity index (χ4v) is 1.62. The third kappa shape index (κ3) is 3.85. The summed E-state index contributed by atoms with van der Waals surface area (Å²) in [6, 6.07) is 2.56. The molecule has 0 bridgehead atoms. The van der Waals surface area contributed by atoms with Crippen molar-refractivity contribution in [3.05, 3.63) is 27.9 Å². The molecule has 3 N–H and O–H groups in total. The average Bonchev–Trinajstić information content (AvgIpc) is 2.75. The second-order valence-electron chi connectivity index (χ2n) is 4.44. The molecule has 1 atom stereocenters. The Balaban J connectivity index is 2.57. The maximum Gasteiger partial charge on any atom is 0.321 e. The molecule has 0 aromatic carbocycles. The van der Waals surface area contributed by atoms with Crippen LogP contribution >= 0.6 is 0 Å². The molecular weight excluding hydrogens is 238 g/mol. The maximum absolute atomic E-state index is 11.7. The molecule has 0 radical (unpaired) electrons. The summed E-state index contributed by atoms with van der Waals surface area (Å²) in [5.41, 5.74) is -0.864. The van der Waals surface area contributed by atoms with Gasteiger partial charge in [0.05, 0.1) is 5.60 Å². The lowest BCUT2D eigenvalue weighted by Crippen LogP contribution is -2.40. The van der Waals surface area contributed by atoms with E-state index in [1.165, 1.54) is 12.1 Å². The van der Waals surface area contributed by atoms with Crippen LogP contribution in [0.2, 0.25) is 0 Å². The number of carbonyl (C=O) groups is 1. The van der Waals surface area contributed by atoms with Gasteiger partial charge in [-0.2, -0.15) is 0 Å². The van der Waals surface area contributed by atoms with Crippen molar-refractivity contribution in [2.75, 3.05) is 6.54 Å². The summed E-state index contributed by atoms with van der Waals surface area (Å²) < 4.78 is 0. The van der Waals surface area contributed by atoms with Crippen LogP contribution in [-0.2, 0) is 0 Å². The molecule has 18 heavy (non-hydrogen) atoms. The van der Waals surface area contributed by atoms with Crippen LogP contribution < -0.4 is 5.32 Å². The van der Waals surface area contributed by atoms with E-state index in [4.69, 9.17) is 0 Å². The van der Waals surface area contributed by atoms with E-state index in [1.807, 2.05) is 6.92 Å². The first-order chi connectivity index (χ1) is 8.35. The second kappa shape index (κ2) is 5.63. The molecule has 0 saturated carbocycles. The number of nitro groups is 1. The number of nitrogens with zero attached hydrogens (tertiary/aromatic N) is 1. The van der Waals surface area contributed by atoms with E-state index in [-0.39, 0.29) is 18.1 Å². The van der Waals surface area contributed by atoms with E-state index in [0.29, 0.717) is 6.42 Å². The zero-order valence-corrected chi connectivity index (χ0v) is 10.4. The zero-order chi connectivity index (χ0) is 13.8. The Morgan fingerprint density at radius 2 is 2.28 bits per heavy atom. The van der Waals surface area contributed by atoms with Crippen LogP contribution in [0.1, 0.15) is 37.2 Å². The van der Waals surface area contributed by atoms with Crippen molar-refractivity contribution in [1.29, 1.82) is 0 Å². The summed E-state index contributed by atoms with van der Waals surface area (Å²) in [5, 5.41) is 22.8. The highest BCUT2D eigenvalue weighted by molar-refractivity contribution is 5.92. The fraction of sp³-hybridized carbons (Fsp3) is 0.545. The Hall–Kier alpha value is -1.89. The third-order valence-electron chi connectivity index (χ3n) is 2.53. The number of aliphatic hydroxyl groups is 1. The largest absolute Gasteiger partial charge is 0.388 e. The molecule has 0 fully saturated rings. The van der Waals surface area contributed by atoms with Gasteiger partial charge in [0.25, 0.3) is 5.91 Å². The SMILES string of the molecule is CCCC(C)(O)CNC(=O)c1ccc([N+](=O)[O-])[nH]1. The summed E-state index contributed by atoms with van der Waals surface area (Å²) in [5.74, 6) is -0.708. The van der Waals surface area contributed by atoms with Crippen molar-refractivity contribution in [2.45, 2.75) is 32.3 Å². The molecule has 0 aliphatic heterocycles. The van der Waals surface area contributed by atoms with Crippen LogP contribution in [0.5, 0.6) is 0 Å². The van der Waals surface area contributed by atoms with Gasteiger partial charge in [0, 0.05) is 12.6 Å². The summed E-state index contributed by atoms with van der Waals surface area (Å²) >= 11 is 0. The van der Waals surface area contributed by atoms with Gasteiger partial charge in [0.2, 0.25) is 0 Å². The number of aromatic amines is 1. The zero-order valence-electron chi connectivity index (χ0n) is 10.4. The molecule has 0 aliphatic rings. The van der Waals surface area contributed by atoms with Crippen molar-refractivity contribution < 1.29 is 14.8 Å². The van der Waals surface area contributed by atoms with E-state index in [2.05, 4.69) is 10.3 Å². The number of H-pyrrole nitrogens is 1. The van der Waals surface area contributed by atoms with Crippen LogP contribution in [0.4, 0.5) is 5.82 Å². The van der Waals surface area contributed by atoms with Crippen molar-refractivity contribution in [2.24, 2.45) is 0 Å². The lowest BCUT2D eigenvalue weighted by atomic mass is 10.0. The first kappa shape index (κ1) is 14.2. The van der Waals surface area contributed by atoms with Crippen molar-refractivity contribution in [1.82, 2.24) is 10.3 Å². The molecule has 0 spiro atoms. The summed E-state index contributed by atoms with van der Waals surface area (Å²) in [6.45, 7) is 3.67. The molecule has 0 aliphatic carbocycles. The highest BCUT2D eigenvalue weighted by Crippen LogP contribution is 2.12. The van der Waals surface area contributed by atoms with Crippen LogP contribution in [0.3, 0.4) is 0 Å². The van der Waals surface area contributed by atoms with Gasteiger partial charge in [-0.15, -0.1) is 0 Å². The Morgan fingerprint density at radius 1 is 1.61 bits per heavy atom. The minimum Gasteiger partial charge on any atom is -0.388 e. The van der Waals surface area contributed by atoms with Crippen molar-refractivity contribution in [3.63, 3.8) is 0 Å². The number of amides is 1. The molecule has 100 valence electrons. The first-order valence-corrected chi connectivity index (χ1v) is 5.69. The number of hydrogen-bond donors (Lipinski definition) is 3. The molecule has 1 rings (SSSR count). The van der Waals surface area contributed by atoms with Crippen LogP contribution in [0.15, 0.2) is 12.1 Å². The molecule has 1 aromatic rings. The van der Waals surface area contributed by atoms with Gasteiger partial charge in [-0.1, -0.05) is 13.3 Å². The predicted molar refractivity (Wildman–Crippen MR) is 65.3 cm³/mol. The van der Waals surface area contributed by atoms with E-state index >= 15 is 0 Å². The number of carbonyl (C=O) groups excluding carboxylic acids is 1. The lowest BCUT2D eigenvalue weighted by molar-refractivity contribution is -0.389. The average molecular weight is 255 g/mol. The standard InChI is InChI=1S/C11H17N3O4/c1-3-6-11(2,16)7-12-10(15)8-4-5-9(13-8)14(17)18/h4-5,13,16H,3,6-7H2,1-2H3,(H,12,15). The van der Waals surface area contributed by atoms with Gasteiger partial charge in [-0.05, 0) is 24.3 Å².